The van der Waals surface area contributed by atoms with Crippen LogP contribution in [0.3, 0.4) is 0 Å². The first-order chi connectivity index (χ1) is 13.7. The van der Waals surface area contributed by atoms with Crippen LogP contribution in [0.5, 0.6) is 0 Å². The van der Waals surface area contributed by atoms with Crippen LogP contribution < -0.4 is 0 Å². The van der Waals surface area contributed by atoms with Gasteiger partial charge in [-0.1, -0.05) is 6.42 Å². The molecule has 0 aromatic rings. The molecule has 0 bridgehead atoms. The SMILES string of the molecule is FC1=C(CCCCC(F)CC2=C(F)C(F)(F)C(F)(F)C2(F)F)C(F)(F)C(F)(F)C1(F)F. The minimum Gasteiger partial charge on any atom is -0.247 e. The maximum atomic E-state index is 13.8. The minimum absolute atomic E-state index is 0.752. The van der Waals surface area contributed by atoms with E-state index in [4.69, 9.17) is 0 Å². The summed E-state index contributed by atoms with van der Waals surface area (Å²) in [6, 6.07) is 0. The molecule has 2 aliphatic carbocycles. The third-order valence-corrected chi connectivity index (χ3v) is 5.04. The van der Waals surface area contributed by atoms with Gasteiger partial charge in [-0.2, -0.15) is 52.7 Å². The Balaban J connectivity index is 2.01. The van der Waals surface area contributed by atoms with Crippen LogP contribution in [0.4, 0.5) is 65.9 Å². The van der Waals surface area contributed by atoms with Gasteiger partial charge in [0.2, 0.25) is 0 Å². The fraction of sp³-hybridized carbons (Fsp3) is 0.750. The summed E-state index contributed by atoms with van der Waals surface area (Å²) in [5, 5.41) is 0. The van der Waals surface area contributed by atoms with Gasteiger partial charge >= 0.3 is 35.5 Å². The summed E-state index contributed by atoms with van der Waals surface area (Å²) in [6.07, 6.45) is -8.72. The van der Waals surface area contributed by atoms with E-state index >= 15 is 0 Å². The fourth-order valence-electron chi connectivity index (χ4n) is 3.18. The topological polar surface area (TPSA) is 0 Å². The lowest BCUT2D eigenvalue weighted by Crippen LogP contribution is -2.49. The molecule has 0 aromatic heterocycles. The third kappa shape index (κ3) is 3.31. The molecule has 0 aromatic carbocycles. The van der Waals surface area contributed by atoms with Gasteiger partial charge in [0, 0.05) is 17.6 Å². The predicted molar refractivity (Wildman–Crippen MR) is 73.9 cm³/mol. The number of halogens is 15. The second-order valence-electron chi connectivity index (χ2n) is 7.08. The van der Waals surface area contributed by atoms with Crippen LogP contribution in [0, 0.1) is 0 Å². The summed E-state index contributed by atoms with van der Waals surface area (Å²) in [5.41, 5.74) is -4.77. The Bertz CT molecular complexity index is 789. The lowest BCUT2D eigenvalue weighted by atomic mass is 9.98. The molecule has 2 rings (SSSR count). The number of unbranched alkanes of at least 4 members (excludes halogenated alkanes) is 1. The van der Waals surface area contributed by atoms with E-state index in [1.54, 1.807) is 0 Å². The van der Waals surface area contributed by atoms with Crippen LogP contribution in [0.15, 0.2) is 22.8 Å². The van der Waals surface area contributed by atoms with Crippen LogP contribution in [0.2, 0.25) is 0 Å². The summed E-state index contributed by atoms with van der Waals surface area (Å²) in [5.74, 6) is -41.6. The van der Waals surface area contributed by atoms with E-state index in [0.717, 1.165) is 0 Å². The van der Waals surface area contributed by atoms with Gasteiger partial charge in [-0.3, -0.25) is 0 Å². The molecule has 1 unspecified atom stereocenters. The zero-order valence-corrected chi connectivity index (χ0v) is 14.8. The standard InChI is InChI=1S/C16H11F15/c17-6(5-8-10(19)14(26,27)16(30,31)12(8,22)23)3-1-2-4-7-9(18)13(24,25)15(28,29)11(7,20)21/h6H,1-5H2. The van der Waals surface area contributed by atoms with Gasteiger partial charge in [0.05, 0.1) is 0 Å². The van der Waals surface area contributed by atoms with Crippen LogP contribution in [0.1, 0.15) is 32.1 Å². The molecule has 15 heteroatoms. The lowest BCUT2D eigenvalue weighted by molar-refractivity contribution is -0.268. The van der Waals surface area contributed by atoms with Crippen molar-refractivity contribution in [3.05, 3.63) is 22.8 Å². The molecule has 0 saturated heterocycles. The Labute approximate surface area is 163 Å². The number of hydrogen-bond acceptors (Lipinski definition) is 0. The van der Waals surface area contributed by atoms with Gasteiger partial charge in [0.15, 0.2) is 11.7 Å². The van der Waals surface area contributed by atoms with Gasteiger partial charge in [-0.25, -0.2) is 13.2 Å². The summed E-state index contributed by atoms with van der Waals surface area (Å²) < 4.78 is 198. The Morgan fingerprint density at radius 2 is 0.935 bits per heavy atom. The normalized spacial score (nSPS) is 28.4. The quantitative estimate of drug-likeness (QED) is 0.256. The zero-order chi connectivity index (χ0) is 24.4. The Hall–Kier alpha value is -1.57. The van der Waals surface area contributed by atoms with Gasteiger partial charge in [0.1, 0.15) is 6.17 Å². The van der Waals surface area contributed by atoms with Crippen molar-refractivity contribution in [2.75, 3.05) is 0 Å². The van der Waals surface area contributed by atoms with Crippen LogP contribution in [-0.2, 0) is 0 Å². The van der Waals surface area contributed by atoms with E-state index in [1.165, 1.54) is 0 Å². The molecule has 0 aliphatic heterocycles. The van der Waals surface area contributed by atoms with Crippen molar-refractivity contribution in [2.45, 2.75) is 73.8 Å². The van der Waals surface area contributed by atoms with E-state index in [0.29, 0.717) is 0 Å². The number of hydrogen-bond donors (Lipinski definition) is 0. The highest BCUT2D eigenvalue weighted by Gasteiger charge is 2.81. The van der Waals surface area contributed by atoms with Crippen molar-refractivity contribution in [1.82, 2.24) is 0 Å². The number of alkyl halides is 13. The Kier molecular flexibility index (Phi) is 5.98. The largest absolute Gasteiger partial charge is 0.382 e. The number of rotatable bonds is 7. The van der Waals surface area contributed by atoms with Crippen molar-refractivity contribution in [3.63, 3.8) is 0 Å². The average Bonchev–Trinajstić information content (AvgIpc) is 2.76. The first-order valence-corrected chi connectivity index (χ1v) is 8.39. The highest BCUT2D eigenvalue weighted by Crippen LogP contribution is 2.61. The van der Waals surface area contributed by atoms with Crippen LogP contribution in [0.25, 0.3) is 0 Å². The second kappa shape index (κ2) is 7.22. The molecule has 0 spiro atoms. The zero-order valence-electron chi connectivity index (χ0n) is 14.8. The molecule has 0 heterocycles. The fourth-order valence-corrected chi connectivity index (χ4v) is 3.18. The second-order valence-corrected chi connectivity index (χ2v) is 7.08. The monoisotopic (exact) mass is 488 g/mol. The van der Waals surface area contributed by atoms with Crippen LogP contribution in [-0.4, -0.2) is 41.7 Å². The summed E-state index contributed by atoms with van der Waals surface area (Å²) in [6.45, 7) is 0. The molecular formula is C16H11F15. The lowest BCUT2D eigenvalue weighted by Gasteiger charge is -2.25. The number of allylic oxidation sites excluding steroid dienone is 4. The van der Waals surface area contributed by atoms with E-state index in [1.807, 2.05) is 0 Å². The van der Waals surface area contributed by atoms with Gasteiger partial charge in [0.25, 0.3) is 0 Å². The molecule has 31 heavy (non-hydrogen) atoms. The maximum absolute atomic E-state index is 13.8. The molecule has 0 radical (unpaired) electrons. The molecule has 0 fully saturated rings. The molecule has 0 saturated carbocycles. The maximum Gasteiger partial charge on any atom is 0.382 e. The summed E-state index contributed by atoms with van der Waals surface area (Å²) >= 11 is 0. The van der Waals surface area contributed by atoms with Crippen molar-refractivity contribution >= 4 is 0 Å². The first-order valence-electron chi connectivity index (χ1n) is 8.39. The molecular weight excluding hydrogens is 477 g/mol. The summed E-state index contributed by atoms with van der Waals surface area (Å²) in [4.78, 5) is 0. The summed E-state index contributed by atoms with van der Waals surface area (Å²) in [7, 11) is 0. The van der Waals surface area contributed by atoms with Gasteiger partial charge in [-0.15, -0.1) is 0 Å². The first kappa shape index (κ1) is 25.7. The van der Waals surface area contributed by atoms with E-state index in [9.17, 15) is 65.9 Å². The van der Waals surface area contributed by atoms with Crippen molar-refractivity contribution in [1.29, 1.82) is 0 Å². The Morgan fingerprint density at radius 3 is 1.29 bits per heavy atom. The minimum atomic E-state index is -6.17. The van der Waals surface area contributed by atoms with E-state index in [-0.39, 0.29) is 0 Å². The molecule has 0 nitrogen and oxygen atoms in total. The van der Waals surface area contributed by atoms with Gasteiger partial charge in [-0.05, 0) is 19.3 Å². The highest BCUT2D eigenvalue weighted by atomic mass is 19.4. The molecule has 180 valence electrons. The smallest absolute Gasteiger partial charge is 0.247 e. The molecule has 0 amide bonds. The van der Waals surface area contributed by atoms with Crippen LogP contribution >= 0.6 is 0 Å². The van der Waals surface area contributed by atoms with E-state index < -0.39 is 96.6 Å². The molecule has 0 N–H and O–H groups in total. The van der Waals surface area contributed by atoms with Gasteiger partial charge < -0.3 is 0 Å². The van der Waals surface area contributed by atoms with Crippen molar-refractivity contribution in [2.24, 2.45) is 0 Å². The Morgan fingerprint density at radius 1 is 0.548 bits per heavy atom. The molecule has 2 aliphatic rings. The third-order valence-electron chi connectivity index (χ3n) is 5.04. The van der Waals surface area contributed by atoms with E-state index in [2.05, 4.69) is 0 Å². The van der Waals surface area contributed by atoms with Crippen molar-refractivity contribution < 1.29 is 65.9 Å². The highest BCUT2D eigenvalue weighted by molar-refractivity contribution is 5.38. The predicted octanol–water partition coefficient (Wildman–Crippen LogP) is 7.56. The molecule has 1 atom stereocenters. The van der Waals surface area contributed by atoms with Crippen molar-refractivity contribution in [3.8, 4) is 0 Å². The average molecular weight is 488 g/mol.